The monoisotopic (exact) mass is 340 g/mol. The summed E-state index contributed by atoms with van der Waals surface area (Å²) in [7, 11) is 0. The average Bonchev–Trinajstić information content (AvgIpc) is 2.79. The van der Waals surface area contributed by atoms with Crippen molar-refractivity contribution in [2.75, 3.05) is 11.1 Å². The molecule has 0 saturated heterocycles. The lowest BCUT2D eigenvalue weighted by atomic mass is 10.3. The Hall–Kier alpha value is -2.55. The van der Waals surface area contributed by atoms with Crippen molar-refractivity contribution in [1.29, 1.82) is 0 Å². The molecule has 0 saturated carbocycles. The zero-order valence-corrected chi connectivity index (χ0v) is 12.3. The lowest BCUT2D eigenvalue weighted by Gasteiger charge is -2.06. The third-order valence-electron chi connectivity index (χ3n) is 2.82. The molecule has 0 bridgehead atoms. The van der Waals surface area contributed by atoms with Crippen molar-refractivity contribution in [1.82, 2.24) is 0 Å². The van der Waals surface area contributed by atoms with Crippen molar-refractivity contribution >= 4 is 23.4 Å². The fourth-order valence-electron chi connectivity index (χ4n) is 1.89. The molecule has 2 heterocycles. The number of carbonyl (C=O) groups excluding carboxylic acids is 1. The van der Waals surface area contributed by atoms with Gasteiger partial charge in [0, 0.05) is 23.9 Å². The highest BCUT2D eigenvalue weighted by atomic mass is 32.2. The minimum Gasteiger partial charge on any atom is -0.618 e. The van der Waals surface area contributed by atoms with E-state index in [-0.39, 0.29) is 23.2 Å². The van der Waals surface area contributed by atoms with Gasteiger partial charge in [-0.05, 0) is 30.0 Å². The van der Waals surface area contributed by atoms with Gasteiger partial charge in [-0.15, -0.1) is 8.78 Å². The highest BCUT2D eigenvalue weighted by molar-refractivity contribution is 7.99. The molecular formula is C14H10F2N2O4S. The molecule has 1 aromatic carbocycles. The number of pyridine rings is 1. The molecule has 0 unspecified atom stereocenters. The van der Waals surface area contributed by atoms with E-state index >= 15 is 0 Å². The molecule has 0 spiro atoms. The molecule has 1 aromatic heterocycles. The largest absolute Gasteiger partial charge is 0.618 e. The van der Waals surface area contributed by atoms with Crippen LogP contribution >= 0.6 is 11.8 Å². The van der Waals surface area contributed by atoms with Crippen molar-refractivity contribution in [3.05, 3.63) is 47.8 Å². The number of anilines is 1. The topological polar surface area (TPSA) is 74.5 Å². The number of amides is 1. The predicted octanol–water partition coefficient (Wildman–Crippen LogP) is 2.37. The zero-order chi connectivity index (χ0) is 16.4. The standard InChI is InChI=1S/C14H10F2N2O4S/c15-14(16)21-10-5-4-9(7-11(10)22-14)17-12(19)8-23-13-3-1-2-6-18(13)20/h1-7H,8H2,(H,17,19). The summed E-state index contributed by atoms with van der Waals surface area (Å²) in [6.45, 7) is 0. The number of carbonyl (C=O) groups is 1. The number of ether oxygens (including phenoxy) is 2. The first-order chi connectivity index (χ1) is 10.9. The van der Waals surface area contributed by atoms with E-state index in [1.165, 1.54) is 24.4 Å². The highest BCUT2D eigenvalue weighted by Crippen LogP contribution is 2.42. The first kappa shape index (κ1) is 15.3. The van der Waals surface area contributed by atoms with Crippen molar-refractivity contribution < 1.29 is 27.8 Å². The molecule has 23 heavy (non-hydrogen) atoms. The van der Waals surface area contributed by atoms with Gasteiger partial charge >= 0.3 is 6.29 Å². The van der Waals surface area contributed by atoms with Gasteiger partial charge in [0.15, 0.2) is 17.7 Å². The van der Waals surface area contributed by atoms with E-state index in [0.717, 1.165) is 11.8 Å². The third kappa shape index (κ3) is 3.62. The van der Waals surface area contributed by atoms with Gasteiger partial charge in [-0.25, -0.2) is 0 Å². The number of fused-ring (bicyclic) bond motifs is 1. The van der Waals surface area contributed by atoms with Crippen LogP contribution in [0.4, 0.5) is 14.5 Å². The molecule has 6 nitrogen and oxygen atoms in total. The SMILES string of the molecule is O=C(CSc1cccc[n+]1[O-])Nc1ccc2c(c1)OC(F)(F)O2. The van der Waals surface area contributed by atoms with Gasteiger partial charge in [-0.2, -0.15) is 4.73 Å². The predicted molar refractivity (Wildman–Crippen MR) is 77.4 cm³/mol. The number of nitrogens with zero attached hydrogens (tertiary/aromatic N) is 1. The highest BCUT2D eigenvalue weighted by Gasteiger charge is 2.43. The van der Waals surface area contributed by atoms with Crippen LogP contribution in [0.15, 0.2) is 47.6 Å². The molecule has 1 aliphatic rings. The summed E-state index contributed by atoms with van der Waals surface area (Å²) in [5, 5.41) is 14.4. The number of rotatable bonds is 4. The van der Waals surface area contributed by atoms with E-state index in [9.17, 15) is 18.8 Å². The van der Waals surface area contributed by atoms with E-state index in [1.807, 2.05) is 0 Å². The lowest BCUT2D eigenvalue weighted by molar-refractivity contribution is -0.645. The fraction of sp³-hybridized carbons (Fsp3) is 0.143. The van der Waals surface area contributed by atoms with Crippen LogP contribution in [0.2, 0.25) is 0 Å². The van der Waals surface area contributed by atoms with Crippen LogP contribution in [0.1, 0.15) is 0 Å². The van der Waals surface area contributed by atoms with E-state index in [1.54, 1.807) is 18.2 Å². The molecule has 0 radical (unpaired) electrons. The summed E-state index contributed by atoms with van der Waals surface area (Å²) in [5.74, 6) is -0.638. The molecule has 120 valence electrons. The number of nitrogens with one attached hydrogen (secondary N) is 1. The summed E-state index contributed by atoms with van der Waals surface area (Å²) in [6.07, 6.45) is -2.37. The molecule has 2 aromatic rings. The maximum Gasteiger partial charge on any atom is 0.586 e. The Labute approximate surface area is 133 Å². The minimum atomic E-state index is -3.70. The van der Waals surface area contributed by atoms with Crippen LogP contribution < -0.4 is 19.5 Å². The smallest absolute Gasteiger partial charge is 0.586 e. The number of hydrogen-bond acceptors (Lipinski definition) is 5. The molecule has 0 aliphatic carbocycles. The average molecular weight is 340 g/mol. The number of benzene rings is 1. The number of aromatic nitrogens is 1. The Bertz CT molecular complexity index is 757. The summed E-state index contributed by atoms with van der Waals surface area (Å²) >= 11 is 1.06. The summed E-state index contributed by atoms with van der Waals surface area (Å²) in [5.41, 5.74) is 0.290. The fourth-order valence-corrected chi connectivity index (χ4v) is 2.60. The first-order valence-electron chi connectivity index (χ1n) is 6.44. The number of alkyl halides is 2. The molecular weight excluding hydrogens is 330 g/mol. The second-order valence-electron chi connectivity index (χ2n) is 4.53. The summed E-state index contributed by atoms with van der Waals surface area (Å²) in [6, 6.07) is 8.80. The van der Waals surface area contributed by atoms with Crippen LogP contribution in [0.5, 0.6) is 11.5 Å². The van der Waals surface area contributed by atoms with Crippen LogP contribution in [0.3, 0.4) is 0 Å². The molecule has 3 rings (SSSR count). The molecule has 1 aliphatic heterocycles. The lowest BCUT2D eigenvalue weighted by Crippen LogP contribution is -2.28. The van der Waals surface area contributed by atoms with E-state index in [2.05, 4.69) is 14.8 Å². The Morgan fingerprint density at radius 2 is 2.04 bits per heavy atom. The normalized spacial score (nSPS) is 14.5. The van der Waals surface area contributed by atoms with Crippen molar-refractivity contribution in [3.8, 4) is 11.5 Å². The van der Waals surface area contributed by atoms with E-state index in [4.69, 9.17) is 0 Å². The van der Waals surface area contributed by atoms with E-state index in [0.29, 0.717) is 15.4 Å². The molecule has 9 heteroatoms. The van der Waals surface area contributed by atoms with Gasteiger partial charge in [-0.1, -0.05) is 0 Å². The van der Waals surface area contributed by atoms with Crippen LogP contribution in [-0.4, -0.2) is 18.0 Å². The van der Waals surface area contributed by atoms with Crippen molar-refractivity contribution in [2.24, 2.45) is 0 Å². The molecule has 0 fully saturated rings. The Morgan fingerprint density at radius 1 is 1.26 bits per heavy atom. The van der Waals surface area contributed by atoms with Crippen LogP contribution in [-0.2, 0) is 4.79 Å². The Balaban J connectivity index is 1.60. The Kier molecular flexibility index (Phi) is 3.95. The molecule has 1 amide bonds. The van der Waals surface area contributed by atoms with Crippen LogP contribution in [0, 0.1) is 5.21 Å². The molecule has 1 N–H and O–H groups in total. The van der Waals surface area contributed by atoms with Gasteiger partial charge in [0.05, 0.1) is 5.75 Å². The molecule has 0 atom stereocenters. The van der Waals surface area contributed by atoms with Crippen LogP contribution in [0.25, 0.3) is 0 Å². The van der Waals surface area contributed by atoms with E-state index < -0.39 is 6.29 Å². The number of thioether (sulfide) groups is 1. The summed E-state index contributed by atoms with van der Waals surface area (Å²) < 4.78 is 35.0. The quantitative estimate of drug-likeness (QED) is 0.525. The minimum absolute atomic E-state index is 0.00312. The van der Waals surface area contributed by atoms with Crippen molar-refractivity contribution in [3.63, 3.8) is 0 Å². The van der Waals surface area contributed by atoms with Crippen molar-refractivity contribution in [2.45, 2.75) is 11.3 Å². The maximum atomic E-state index is 12.9. The van der Waals surface area contributed by atoms with Gasteiger partial charge < -0.3 is 20.0 Å². The Morgan fingerprint density at radius 3 is 2.83 bits per heavy atom. The maximum absolute atomic E-state index is 12.9. The van der Waals surface area contributed by atoms with Gasteiger partial charge in [-0.3, -0.25) is 4.79 Å². The summed E-state index contributed by atoms with van der Waals surface area (Å²) in [4.78, 5) is 11.9. The second-order valence-corrected chi connectivity index (χ2v) is 5.53. The van der Waals surface area contributed by atoms with Gasteiger partial charge in [0.2, 0.25) is 5.91 Å². The van der Waals surface area contributed by atoms with Gasteiger partial charge in [0.1, 0.15) is 0 Å². The number of hydrogen-bond donors (Lipinski definition) is 1. The zero-order valence-electron chi connectivity index (χ0n) is 11.5. The third-order valence-corrected chi connectivity index (χ3v) is 3.84. The number of halogens is 2. The van der Waals surface area contributed by atoms with Gasteiger partial charge in [0.25, 0.3) is 5.03 Å². The second kappa shape index (κ2) is 5.92. The first-order valence-corrected chi connectivity index (χ1v) is 7.42.